The number of nitrogens with one attached hydrogen (secondary N) is 1. The molecule has 2 heteroatoms. The average molecular weight is 205 g/mol. The summed E-state index contributed by atoms with van der Waals surface area (Å²) in [5.41, 5.74) is 1.05. The van der Waals surface area contributed by atoms with Crippen LogP contribution in [0.4, 0.5) is 0 Å². The van der Waals surface area contributed by atoms with Crippen molar-refractivity contribution in [3.63, 3.8) is 0 Å². The molecule has 0 bridgehead atoms. The van der Waals surface area contributed by atoms with E-state index in [9.17, 15) is 5.11 Å². The van der Waals surface area contributed by atoms with E-state index in [1.54, 1.807) is 6.07 Å². The third-order valence-corrected chi connectivity index (χ3v) is 3.53. The number of phenols is 1. The molecule has 2 nitrogen and oxygen atoms in total. The minimum Gasteiger partial charge on any atom is -0.508 e. The molecule has 1 heterocycles. The maximum atomic E-state index is 9.88. The topological polar surface area (TPSA) is 32.3 Å². The van der Waals surface area contributed by atoms with Crippen LogP contribution in [0, 0.1) is 0 Å². The Hall–Kier alpha value is -1.02. The first-order valence-electron chi connectivity index (χ1n) is 5.64. The van der Waals surface area contributed by atoms with Crippen LogP contribution in [-0.4, -0.2) is 17.7 Å². The summed E-state index contributed by atoms with van der Waals surface area (Å²) in [5, 5.41) is 13.4. The van der Waals surface area contributed by atoms with Gasteiger partial charge in [-0.2, -0.15) is 0 Å². The third kappa shape index (κ3) is 1.86. The van der Waals surface area contributed by atoms with Gasteiger partial charge in [0, 0.05) is 17.0 Å². The Kier molecular flexibility index (Phi) is 2.70. The highest BCUT2D eigenvalue weighted by Crippen LogP contribution is 2.36. The van der Waals surface area contributed by atoms with Gasteiger partial charge in [-0.1, -0.05) is 32.0 Å². The summed E-state index contributed by atoms with van der Waals surface area (Å²) < 4.78 is 0. The van der Waals surface area contributed by atoms with E-state index >= 15 is 0 Å². The summed E-state index contributed by atoms with van der Waals surface area (Å²) in [7, 11) is 0. The molecule has 0 aliphatic carbocycles. The number of aromatic hydroxyl groups is 1. The zero-order chi connectivity index (χ0) is 10.9. The lowest BCUT2D eigenvalue weighted by molar-refractivity contribution is 0.357. The monoisotopic (exact) mass is 205 g/mol. The molecule has 2 N–H and O–H groups in total. The Balaban J connectivity index is 2.31. The quantitative estimate of drug-likeness (QED) is 0.777. The van der Waals surface area contributed by atoms with Gasteiger partial charge in [-0.15, -0.1) is 0 Å². The third-order valence-electron chi connectivity index (χ3n) is 3.53. The Morgan fingerprint density at radius 1 is 1.33 bits per heavy atom. The predicted molar refractivity (Wildman–Crippen MR) is 62.2 cm³/mol. The Morgan fingerprint density at radius 2 is 2.07 bits per heavy atom. The van der Waals surface area contributed by atoms with Gasteiger partial charge >= 0.3 is 0 Å². The molecule has 1 atom stereocenters. The van der Waals surface area contributed by atoms with E-state index in [1.165, 1.54) is 12.8 Å². The van der Waals surface area contributed by atoms with E-state index in [4.69, 9.17) is 0 Å². The maximum Gasteiger partial charge on any atom is 0.119 e. The lowest BCUT2D eigenvalue weighted by Gasteiger charge is -2.32. The van der Waals surface area contributed by atoms with E-state index in [0.717, 1.165) is 12.1 Å². The number of benzene rings is 1. The summed E-state index contributed by atoms with van der Waals surface area (Å²) in [4.78, 5) is 0. The summed E-state index contributed by atoms with van der Waals surface area (Å²) in [6.07, 6.45) is 2.43. The van der Waals surface area contributed by atoms with Crippen molar-refractivity contribution in [1.82, 2.24) is 5.32 Å². The van der Waals surface area contributed by atoms with E-state index < -0.39 is 0 Å². The van der Waals surface area contributed by atoms with E-state index in [2.05, 4.69) is 19.2 Å². The van der Waals surface area contributed by atoms with Crippen molar-refractivity contribution in [1.29, 1.82) is 0 Å². The van der Waals surface area contributed by atoms with E-state index in [0.29, 0.717) is 11.8 Å². The van der Waals surface area contributed by atoms with Gasteiger partial charge in [0.15, 0.2) is 0 Å². The number of para-hydroxylation sites is 1. The van der Waals surface area contributed by atoms with Gasteiger partial charge < -0.3 is 10.4 Å². The van der Waals surface area contributed by atoms with Crippen molar-refractivity contribution in [2.75, 3.05) is 6.54 Å². The van der Waals surface area contributed by atoms with Crippen LogP contribution >= 0.6 is 0 Å². The fourth-order valence-electron chi connectivity index (χ4n) is 2.51. The minimum atomic E-state index is 0.00183. The van der Waals surface area contributed by atoms with Gasteiger partial charge in [0.05, 0.1) is 0 Å². The fraction of sp³-hybridized carbons (Fsp3) is 0.538. The molecule has 0 spiro atoms. The zero-order valence-corrected chi connectivity index (χ0v) is 9.46. The molecule has 1 aromatic rings. The molecule has 15 heavy (non-hydrogen) atoms. The van der Waals surface area contributed by atoms with Crippen molar-refractivity contribution in [2.24, 2.45) is 0 Å². The van der Waals surface area contributed by atoms with E-state index in [1.807, 2.05) is 18.2 Å². The fourth-order valence-corrected chi connectivity index (χ4v) is 2.51. The number of phenolic OH excluding ortho intramolecular Hbond substituents is 1. The first kappa shape index (κ1) is 10.5. The van der Waals surface area contributed by atoms with Gasteiger partial charge in [0.1, 0.15) is 5.75 Å². The van der Waals surface area contributed by atoms with Crippen molar-refractivity contribution in [2.45, 2.75) is 38.1 Å². The normalized spacial score (nSPS) is 21.9. The van der Waals surface area contributed by atoms with Crippen molar-refractivity contribution < 1.29 is 5.11 Å². The lowest BCUT2D eigenvalue weighted by Crippen LogP contribution is -2.40. The highest BCUT2D eigenvalue weighted by Gasteiger charge is 2.34. The van der Waals surface area contributed by atoms with Gasteiger partial charge in [-0.25, -0.2) is 0 Å². The molecule has 1 aromatic carbocycles. The standard InChI is InChI=1S/C13H19NO/c1-13(2,12-8-5-9-14-12)10-6-3-4-7-11(10)15/h3-4,6-7,12,14-15H,5,8-9H2,1-2H3. The Morgan fingerprint density at radius 3 is 2.67 bits per heavy atom. The Bertz CT molecular complexity index is 340. The summed E-state index contributed by atoms with van der Waals surface area (Å²) in [5.74, 6) is 0.413. The van der Waals surface area contributed by atoms with E-state index in [-0.39, 0.29) is 5.41 Å². The molecule has 1 aliphatic rings. The number of rotatable bonds is 2. The van der Waals surface area contributed by atoms with Crippen LogP contribution < -0.4 is 5.32 Å². The van der Waals surface area contributed by atoms with Crippen LogP contribution in [0.5, 0.6) is 5.75 Å². The highest BCUT2D eigenvalue weighted by atomic mass is 16.3. The van der Waals surface area contributed by atoms with Crippen LogP contribution in [0.1, 0.15) is 32.3 Å². The van der Waals surface area contributed by atoms with Crippen molar-refractivity contribution in [3.8, 4) is 5.75 Å². The molecule has 2 rings (SSSR count). The molecule has 1 fully saturated rings. The SMILES string of the molecule is CC(C)(c1ccccc1O)C1CCCN1. The molecule has 0 aromatic heterocycles. The van der Waals surface area contributed by atoms with Crippen molar-refractivity contribution >= 4 is 0 Å². The van der Waals surface area contributed by atoms with Gasteiger partial charge in [-0.3, -0.25) is 0 Å². The molecule has 0 radical (unpaired) electrons. The number of hydrogen-bond acceptors (Lipinski definition) is 2. The smallest absolute Gasteiger partial charge is 0.119 e. The van der Waals surface area contributed by atoms with Crippen LogP contribution in [-0.2, 0) is 5.41 Å². The van der Waals surface area contributed by atoms with Crippen LogP contribution in [0.2, 0.25) is 0 Å². The van der Waals surface area contributed by atoms with Crippen LogP contribution in [0.3, 0.4) is 0 Å². The molecule has 0 saturated carbocycles. The summed E-state index contributed by atoms with van der Waals surface area (Å²) in [6.45, 7) is 5.50. The second-order valence-electron chi connectivity index (χ2n) is 4.89. The van der Waals surface area contributed by atoms with Crippen molar-refractivity contribution in [3.05, 3.63) is 29.8 Å². The molecule has 1 aliphatic heterocycles. The van der Waals surface area contributed by atoms with Crippen LogP contribution in [0.15, 0.2) is 24.3 Å². The zero-order valence-electron chi connectivity index (χ0n) is 9.46. The molecule has 1 saturated heterocycles. The minimum absolute atomic E-state index is 0.00183. The second-order valence-corrected chi connectivity index (χ2v) is 4.89. The number of hydrogen-bond donors (Lipinski definition) is 2. The summed E-state index contributed by atoms with van der Waals surface area (Å²) in [6, 6.07) is 8.13. The lowest BCUT2D eigenvalue weighted by atomic mass is 9.77. The van der Waals surface area contributed by atoms with Gasteiger partial charge in [0.2, 0.25) is 0 Å². The predicted octanol–water partition coefficient (Wildman–Crippen LogP) is 2.42. The molecule has 1 unspecified atom stereocenters. The van der Waals surface area contributed by atoms with Gasteiger partial charge in [0.25, 0.3) is 0 Å². The molecule has 0 amide bonds. The first-order chi connectivity index (χ1) is 7.12. The molecular formula is C13H19NO. The first-order valence-corrected chi connectivity index (χ1v) is 5.64. The maximum absolute atomic E-state index is 9.88. The Labute approximate surface area is 91.3 Å². The second kappa shape index (κ2) is 3.86. The van der Waals surface area contributed by atoms with Gasteiger partial charge in [-0.05, 0) is 25.5 Å². The highest BCUT2D eigenvalue weighted by molar-refractivity contribution is 5.39. The van der Waals surface area contributed by atoms with Crippen LogP contribution in [0.25, 0.3) is 0 Å². The summed E-state index contributed by atoms with van der Waals surface area (Å²) >= 11 is 0. The molecule has 82 valence electrons. The molecular weight excluding hydrogens is 186 g/mol. The largest absolute Gasteiger partial charge is 0.508 e. The average Bonchev–Trinajstić information content (AvgIpc) is 2.71.